The van der Waals surface area contributed by atoms with Crippen molar-refractivity contribution in [2.24, 2.45) is 0 Å². The summed E-state index contributed by atoms with van der Waals surface area (Å²) in [6, 6.07) is 8.16. The van der Waals surface area contributed by atoms with E-state index in [0.29, 0.717) is 39.9 Å². The molecule has 0 saturated heterocycles. The van der Waals surface area contributed by atoms with Gasteiger partial charge in [0.25, 0.3) is 5.91 Å². The highest BCUT2D eigenvalue weighted by molar-refractivity contribution is 6.30. The number of rotatable bonds is 3. The predicted molar refractivity (Wildman–Crippen MR) is 91.4 cm³/mol. The molecule has 0 bridgehead atoms. The number of hydrogen-bond acceptors (Lipinski definition) is 6. The van der Waals surface area contributed by atoms with E-state index in [1.807, 2.05) is 0 Å². The average Bonchev–Trinajstić information content (AvgIpc) is 2.65. The molecular formula is C18H14ClNO6. The molecular weight excluding hydrogens is 362 g/mol. The molecule has 2 heterocycles. The zero-order valence-corrected chi connectivity index (χ0v) is 14.3. The minimum absolute atomic E-state index is 0.0103. The maximum absolute atomic E-state index is 12.4. The number of benzene rings is 2. The first-order valence-corrected chi connectivity index (χ1v) is 8.23. The van der Waals surface area contributed by atoms with Gasteiger partial charge >= 0.3 is 5.97 Å². The number of esters is 1. The summed E-state index contributed by atoms with van der Waals surface area (Å²) in [4.78, 5) is 23.6. The lowest BCUT2D eigenvalue weighted by Gasteiger charge is -2.21. The molecule has 0 aliphatic carbocycles. The number of carbonyl (C=O) groups excluding carboxylic acids is 2. The molecule has 0 saturated carbocycles. The van der Waals surface area contributed by atoms with E-state index in [9.17, 15) is 9.59 Å². The van der Waals surface area contributed by atoms with E-state index >= 15 is 0 Å². The van der Waals surface area contributed by atoms with Crippen LogP contribution in [0.15, 0.2) is 30.3 Å². The number of halogens is 1. The molecule has 0 spiro atoms. The highest BCUT2D eigenvalue weighted by Crippen LogP contribution is 2.33. The number of fused-ring (bicyclic) bond motifs is 2. The van der Waals surface area contributed by atoms with Gasteiger partial charge < -0.3 is 24.3 Å². The van der Waals surface area contributed by atoms with Crippen LogP contribution in [-0.2, 0) is 27.5 Å². The third-order valence-corrected chi connectivity index (χ3v) is 4.18. The van der Waals surface area contributed by atoms with Gasteiger partial charge in [0.05, 0.1) is 17.9 Å². The van der Waals surface area contributed by atoms with Gasteiger partial charge in [-0.1, -0.05) is 11.6 Å². The maximum atomic E-state index is 12.4. The highest BCUT2D eigenvalue weighted by atomic mass is 35.5. The van der Waals surface area contributed by atoms with Crippen molar-refractivity contribution in [2.75, 3.05) is 18.7 Å². The Morgan fingerprint density at radius 1 is 1.19 bits per heavy atom. The van der Waals surface area contributed by atoms with E-state index in [0.717, 1.165) is 5.56 Å². The third kappa shape index (κ3) is 3.31. The van der Waals surface area contributed by atoms with E-state index in [1.54, 1.807) is 24.3 Å². The molecule has 26 heavy (non-hydrogen) atoms. The zero-order chi connectivity index (χ0) is 18.1. The largest absolute Gasteiger partial charge is 0.482 e. The Hall–Kier alpha value is -2.77. The Morgan fingerprint density at radius 3 is 2.96 bits per heavy atom. The lowest BCUT2D eigenvalue weighted by molar-refractivity contribution is -0.118. The van der Waals surface area contributed by atoms with Crippen LogP contribution in [0.4, 0.5) is 5.69 Å². The number of anilines is 1. The van der Waals surface area contributed by atoms with Crippen molar-refractivity contribution in [1.29, 1.82) is 0 Å². The Morgan fingerprint density at radius 2 is 2.08 bits per heavy atom. The fourth-order valence-electron chi connectivity index (χ4n) is 2.79. The fourth-order valence-corrected chi connectivity index (χ4v) is 3.06. The molecule has 1 N–H and O–H groups in total. The van der Waals surface area contributed by atoms with E-state index in [2.05, 4.69) is 5.32 Å². The van der Waals surface area contributed by atoms with E-state index in [4.69, 9.17) is 30.5 Å². The Labute approximate surface area is 153 Å². The van der Waals surface area contributed by atoms with Crippen molar-refractivity contribution in [3.63, 3.8) is 0 Å². The molecule has 4 rings (SSSR count). The Bertz CT molecular complexity index is 897. The van der Waals surface area contributed by atoms with Crippen LogP contribution in [0, 0.1) is 0 Å². The topological polar surface area (TPSA) is 83.1 Å². The van der Waals surface area contributed by atoms with Crippen molar-refractivity contribution < 1.29 is 28.5 Å². The van der Waals surface area contributed by atoms with Gasteiger partial charge in [0.1, 0.15) is 18.1 Å². The molecule has 1 amide bonds. The number of nitrogens with one attached hydrogen (secondary N) is 1. The summed E-state index contributed by atoms with van der Waals surface area (Å²) in [5, 5.41) is 3.18. The van der Waals surface area contributed by atoms with Crippen LogP contribution in [-0.4, -0.2) is 25.3 Å². The molecule has 2 aromatic rings. The second kappa shape index (κ2) is 6.86. The van der Waals surface area contributed by atoms with Gasteiger partial charge in [0, 0.05) is 16.1 Å². The first-order valence-electron chi connectivity index (χ1n) is 7.86. The Kier molecular flexibility index (Phi) is 4.40. The van der Waals surface area contributed by atoms with Crippen molar-refractivity contribution in [3.8, 4) is 11.5 Å². The third-order valence-electron chi connectivity index (χ3n) is 3.96. The molecule has 8 heteroatoms. The van der Waals surface area contributed by atoms with Crippen LogP contribution in [0.2, 0.25) is 5.02 Å². The van der Waals surface area contributed by atoms with Gasteiger partial charge in [0.2, 0.25) is 0 Å². The first-order chi connectivity index (χ1) is 12.6. The van der Waals surface area contributed by atoms with Crippen LogP contribution in [0.25, 0.3) is 0 Å². The van der Waals surface area contributed by atoms with Crippen molar-refractivity contribution in [2.45, 2.75) is 13.2 Å². The number of amides is 1. The number of carbonyl (C=O) groups is 2. The molecule has 0 radical (unpaired) electrons. The highest BCUT2D eigenvalue weighted by Gasteiger charge is 2.20. The molecule has 0 fully saturated rings. The molecule has 0 atom stereocenters. The van der Waals surface area contributed by atoms with Crippen LogP contribution < -0.4 is 14.8 Å². The zero-order valence-electron chi connectivity index (χ0n) is 13.5. The molecule has 2 aromatic carbocycles. The van der Waals surface area contributed by atoms with Gasteiger partial charge in [0.15, 0.2) is 13.4 Å². The van der Waals surface area contributed by atoms with Gasteiger partial charge in [-0.15, -0.1) is 0 Å². The summed E-state index contributed by atoms with van der Waals surface area (Å²) in [5.41, 5.74) is 2.33. The summed E-state index contributed by atoms with van der Waals surface area (Å²) in [5.74, 6) is 0.307. The molecule has 134 valence electrons. The van der Waals surface area contributed by atoms with Crippen molar-refractivity contribution >= 4 is 29.2 Å². The Balaban J connectivity index is 1.50. The SMILES string of the molecule is O=C1COc2cc(C(=O)OCc3cc(Cl)cc4c3OCOC4)ccc2N1. The minimum atomic E-state index is -0.519. The smallest absolute Gasteiger partial charge is 0.338 e. The van der Waals surface area contributed by atoms with E-state index < -0.39 is 5.97 Å². The van der Waals surface area contributed by atoms with Gasteiger partial charge in [-0.05, 0) is 30.3 Å². The summed E-state index contributed by atoms with van der Waals surface area (Å²) in [7, 11) is 0. The average molecular weight is 376 g/mol. The van der Waals surface area contributed by atoms with Crippen LogP contribution >= 0.6 is 11.6 Å². The molecule has 2 aliphatic heterocycles. The van der Waals surface area contributed by atoms with Crippen molar-refractivity contribution in [1.82, 2.24) is 0 Å². The van der Waals surface area contributed by atoms with Crippen LogP contribution in [0.3, 0.4) is 0 Å². The summed E-state index contributed by atoms with van der Waals surface area (Å²) in [6.07, 6.45) is 0. The molecule has 7 nitrogen and oxygen atoms in total. The fraction of sp³-hybridized carbons (Fsp3) is 0.222. The van der Waals surface area contributed by atoms with Gasteiger partial charge in [-0.25, -0.2) is 4.79 Å². The molecule has 0 aromatic heterocycles. The van der Waals surface area contributed by atoms with E-state index in [1.165, 1.54) is 6.07 Å². The lowest BCUT2D eigenvalue weighted by atomic mass is 10.1. The molecule has 2 aliphatic rings. The molecule has 0 unspecified atom stereocenters. The summed E-state index contributed by atoms with van der Waals surface area (Å²) >= 11 is 6.10. The second-order valence-corrected chi connectivity index (χ2v) is 6.22. The summed E-state index contributed by atoms with van der Waals surface area (Å²) < 4.78 is 21.4. The van der Waals surface area contributed by atoms with Crippen LogP contribution in [0.1, 0.15) is 21.5 Å². The normalized spacial score (nSPS) is 15.0. The quantitative estimate of drug-likeness (QED) is 0.830. The van der Waals surface area contributed by atoms with Crippen molar-refractivity contribution in [3.05, 3.63) is 52.0 Å². The predicted octanol–water partition coefficient (Wildman–Crippen LogP) is 2.89. The monoisotopic (exact) mass is 375 g/mol. The second-order valence-electron chi connectivity index (χ2n) is 5.79. The lowest BCUT2D eigenvalue weighted by Crippen LogP contribution is -2.25. The minimum Gasteiger partial charge on any atom is -0.482 e. The van der Waals surface area contributed by atoms with Crippen LogP contribution in [0.5, 0.6) is 11.5 Å². The van der Waals surface area contributed by atoms with E-state index in [-0.39, 0.29) is 25.9 Å². The first kappa shape index (κ1) is 16.7. The standard InChI is InChI=1S/C18H14ClNO6/c19-13-3-11-6-23-9-26-17(11)12(4-13)7-25-18(22)10-1-2-14-15(5-10)24-8-16(21)20-14/h1-5H,6-9H2,(H,20,21). The maximum Gasteiger partial charge on any atom is 0.338 e. The summed E-state index contributed by atoms with van der Waals surface area (Å²) in [6.45, 7) is 0.462. The number of hydrogen-bond donors (Lipinski definition) is 1. The van der Waals surface area contributed by atoms with Gasteiger partial charge in [-0.2, -0.15) is 0 Å². The van der Waals surface area contributed by atoms with Gasteiger partial charge in [-0.3, -0.25) is 4.79 Å². The number of ether oxygens (including phenoxy) is 4.